The van der Waals surface area contributed by atoms with Gasteiger partial charge in [-0.3, -0.25) is 19.6 Å². The molecule has 5 aromatic rings. The third-order valence-electron chi connectivity index (χ3n) is 9.77. The van der Waals surface area contributed by atoms with Crippen LogP contribution in [0.2, 0.25) is 0 Å². The lowest BCUT2D eigenvalue weighted by molar-refractivity contribution is -0.129. The lowest BCUT2D eigenvalue weighted by Crippen LogP contribution is -2.30. The fourth-order valence-electron chi connectivity index (χ4n) is 7.16. The zero-order valence-electron chi connectivity index (χ0n) is 29.0. The molecule has 2 atom stereocenters. The Morgan fingerprint density at radius 2 is 1.56 bits per heavy atom. The van der Waals surface area contributed by atoms with Gasteiger partial charge in [-0.15, -0.1) is 5.10 Å². The molecule has 262 valence electrons. The molecule has 6 rings (SSSR count). The number of carbonyl (C=O) groups is 1. The van der Waals surface area contributed by atoms with Crippen LogP contribution in [0.1, 0.15) is 109 Å². The summed E-state index contributed by atoms with van der Waals surface area (Å²) in [6.07, 6.45) is 12.2. The molecule has 2 N–H and O–H groups in total. The maximum Gasteiger partial charge on any atom is 0.243 e. The third kappa shape index (κ3) is 10.2. The highest BCUT2D eigenvalue weighted by Crippen LogP contribution is 2.36. The lowest BCUT2D eigenvalue weighted by atomic mass is 9.90. The molecular formula is C41H50N6O3. The molecule has 1 aliphatic heterocycles. The van der Waals surface area contributed by atoms with Crippen molar-refractivity contribution in [2.24, 2.45) is 0 Å². The van der Waals surface area contributed by atoms with Crippen LogP contribution in [0.4, 0.5) is 0 Å². The number of nitrogens with zero attached hydrogens (tertiary/aromatic N) is 5. The molecular weight excluding hydrogens is 624 g/mol. The standard InChI is InChI=1S/C41H50N6O3/c48-39(44-49)25-12-4-11-24-38-41-42-37(29-33-18-7-2-8-19-33)40(50-41)35(28-32-16-5-1-6-17-32)22-13-14-27-47-31-36(43-45-47)23-15-26-46(38)30-34-20-9-3-10-21-34/h1-3,5-10,16-21,31,35,38,49H,4,11-15,22-30H2,(H,44,48). The highest BCUT2D eigenvalue weighted by Gasteiger charge is 2.30. The number of hydrogen-bond acceptors (Lipinski definition) is 7. The van der Waals surface area contributed by atoms with Gasteiger partial charge < -0.3 is 4.42 Å². The van der Waals surface area contributed by atoms with Gasteiger partial charge in [-0.05, 0) is 68.2 Å². The second kappa shape index (κ2) is 18.4. The number of aromatic nitrogens is 4. The molecule has 0 radical (unpaired) electrons. The van der Waals surface area contributed by atoms with Crippen molar-refractivity contribution in [2.75, 3.05) is 6.54 Å². The van der Waals surface area contributed by atoms with E-state index in [1.165, 1.54) is 16.7 Å². The predicted octanol–water partition coefficient (Wildman–Crippen LogP) is 8.00. The fourth-order valence-corrected chi connectivity index (χ4v) is 7.16. The first-order chi connectivity index (χ1) is 24.6. The molecule has 1 aliphatic rings. The van der Waals surface area contributed by atoms with Crippen molar-refractivity contribution in [3.63, 3.8) is 0 Å². The Labute approximate surface area is 295 Å². The normalized spacial score (nSPS) is 17.4. The Hall–Kier alpha value is -4.60. The topological polar surface area (TPSA) is 109 Å². The number of aryl methyl sites for hydroxylation is 2. The first-order valence-corrected chi connectivity index (χ1v) is 18.3. The van der Waals surface area contributed by atoms with E-state index in [0.717, 1.165) is 100 Å². The fraction of sp³-hybridized carbons (Fsp3) is 0.415. The van der Waals surface area contributed by atoms with Gasteiger partial charge in [0.05, 0.1) is 17.4 Å². The maximum atomic E-state index is 11.7. The first-order valence-electron chi connectivity index (χ1n) is 18.3. The predicted molar refractivity (Wildman–Crippen MR) is 193 cm³/mol. The van der Waals surface area contributed by atoms with E-state index in [2.05, 4.69) is 112 Å². The second-order valence-electron chi connectivity index (χ2n) is 13.6. The molecule has 2 unspecified atom stereocenters. The summed E-state index contributed by atoms with van der Waals surface area (Å²) in [6.45, 7) is 2.47. The minimum Gasteiger partial charge on any atom is -0.443 e. The molecule has 50 heavy (non-hydrogen) atoms. The Morgan fingerprint density at radius 3 is 2.30 bits per heavy atom. The van der Waals surface area contributed by atoms with E-state index in [4.69, 9.17) is 14.6 Å². The van der Waals surface area contributed by atoms with E-state index >= 15 is 0 Å². The first kappa shape index (κ1) is 35.2. The minimum atomic E-state index is -0.343. The number of nitrogens with one attached hydrogen (secondary N) is 1. The average molecular weight is 675 g/mol. The van der Waals surface area contributed by atoms with Crippen molar-refractivity contribution in [3.05, 3.63) is 137 Å². The van der Waals surface area contributed by atoms with Gasteiger partial charge >= 0.3 is 0 Å². The number of benzene rings is 3. The molecule has 9 heteroatoms. The monoisotopic (exact) mass is 674 g/mol. The van der Waals surface area contributed by atoms with Crippen LogP contribution < -0.4 is 5.48 Å². The van der Waals surface area contributed by atoms with Crippen molar-refractivity contribution in [2.45, 2.75) is 102 Å². The Bertz CT molecular complexity index is 1720. The van der Waals surface area contributed by atoms with E-state index < -0.39 is 0 Å². The minimum absolute atomic E-state index is 0.0499. The smallest absolute Gasteiger partial charge is 0.243 e. The van der Waals surface area contributed by atoms with Crippen LogP contribution in [-0.4, -0.2) is 42.5 Å². The van der Waals surface area contributed by atoms with Gasteiger partial charge in [-0.1, -0.05) is 115 Å². The summed E-state index contributed by atoms with van der Waals surface area (Å²) >= 11 is 0. The van der Waals surface area contributed by atoms with Crippen molar-refractivity contribution in [3.8, 4) is 0 Å². The number of rotatable bonds is 12. The number of oxazole rings is 1. The van der Waals surface area contributed by atoms with Crippen LogP contribution in [0.25, 0.3) is 0 Å². The number of carbonyl (C=O) groups excluding carboxylic acids is 1. The number of hydroxylamine groups is 1. The summed E-state index contributed by atoms with van der Waals surface area (Å²) in [5.41, 5.74) is 7.58. The van der Waals surface area contributed by atoms with Crippen LogP contribution in [0.15, 0.2) is 102 Å². The van der Waals surface area contributed by atoms with E-state index in [-0.39, 0.29) is 17.9 Å². The maximum absolute atomic E-state index is 11.7. The van der Waals surface area contributed by atoms with Gasteiger partial charge in [0, 0.05) is 38.0 Å². The largest absolute Gasteiger partial charge is 0.443 e. The van der Waals surface area contributed by atoms with Crippen LogP contribution in [0, 0.1) is 0 Å². The summed E-state index contributed by atoms with van der Waals surface area (Å²) < 4.78 is 9.11. The average Bonchev–Trinajstić information content (AvgIpc) is 3.78. The van der Waals surface area contributed by atoms with Crippen LogP contribution in [0.5, 0.6) is 0 Å². The molecule has 1 amide bonds. The molecule has 3 aromatic carbocycles. The van der Waals surface area contributed by atoms with Gasteiger partial charge in [0.15, 0.2) is 0 Å². The molecule has 4 bridgehead atoms. The quantitative estimate of drug-likeness (QED) is 0.0784. The molecule has 0 spiro atoms. The summed E-state index contributed by atoms with van der Waals surface area (Å²) in [7, 11) is 0. The lowest BCUT2D eigenvalue weighted by Gasteiger charge is -2.30. The third-order valence-corrected chi connectivity index (χ3v) is 9.77. The van der Waals surface area contributed by atoms with Gasteiger partial charge in [0.25, 0.3) is 0 Å². The van der Waals surface area contributed by atoms with Gasteiger partial charge in [0.1, 0.15) is 5.76 Å². The summed E-state index contributed by atoms with van der Waals surface area (Å²) in [6, 6.07) is 31.9. The highest BCUT2D eigenvalue weighted by atomic mass is 16.5. The van der Waals surface area contributed by atoms with Crippen molar-refractivity contribution in [1.29, 1.82) is 0 Å². The summed E-state index contributed by atoms with van der Waals surface area (Å²) in [4.78, 5) is 19.7. The van der Waals surface area contributed by atoms with E-state index in [9.17, 15) is 4.79 Å². The molecule has 9 nitrogen and oxygen atoms in total. The molecule has 0 saturated heterocycles. The van der Waals surface area contributed by atoms with E-state index in [1.807, 2.05) is 4.68 Å². The second-order valence-corrected chi connectivity index (χ2v) is 13.6. The van der Waals surface area contributed by atoms with Gasteiger partial charge in [-0.25, -0.2) is 10.5 Å². The molecule has 0 fully saturated rings. The van der Waals surface area contributed by atoms with Crippen LogP contribution in [0.3, 0.4) is 0 Å². The highest BCUT2D eigenvalue weighted by molar-refractivity contribution is 5.74. The number of hydrogen-bond donors (Lipinski definition) is 2. The summed E-state index contributed by atoms with van der Waals surface area (Å²) in [5.74, 6) is 1.62. The van der Waals surface area contributed by atoms with E-state index in [1.54, 1.807) is 5.48 Å². The van der Waals surface area contributed by atoms with E-state index in [0.29, 0.717) is 19.3 Å². The molecule has 2 aromatic heterocycles. The van der Waals surface area contributed by atoms with Gasteiger partial charge in [0.2, 0.25) is 11.8 Å². The van der Waals surface area contributed by atoms with Crippen molar-refractivity contribution in [1.82, 2.24) is 30.4 Å². The van der Waals surface area contributed by atoms with Crippen LogP contribution >= 0.6 is 0 Å². The Kier molecular flexibility index (Phi) is 13.0. The zero-order chi connectivity index (χ0) is 34.4. The SMILES string of the molecule is O=C(CCCCCC1c2nc(Cc3ccccc3)c(o2)C(Cc2ccccc2)CCCCn2cc(nn2)CCCN1Cc1ccccc1)NO. The number of fused-ring (bicyclic) bond motifs is 4. The Balaban J connectivity index is 1.39. The molecule has 3 heterocycles. The number of amides is 1. The van der Waals surface area contributed by atoms with Crippen molar-refractivity contribution < 1.29 is 14.4 Å². The van der Waals surface area contributed by atoms with Crippen molar-refractivity contribution >= 4 is 5.91 Å². The summed E-state index contributed by atoms with van der Waals surface area (Å²) in [5, 5.41) is 18.0. The molecule has 0 aliphatic carbocycles. The van der Waals surface area contributed by atoms with Crippen LogP contribution in [-0.2, 0) is 37.1 Å². The van der Waals surface area contributed by atoms with Gasteiger partial charge in [-0.2, -0.15) is 0 Å². The Morgan fingerprint density at radius 1 is 0.840 bits per heavy atom. The molecule has 0 saturated carbocycles. The zero-order valence-corrected chi connectivity index (χ0v) is 29.0. The number of unbranched alkanes of at least 4 members (excludes halogenated alkanes) is 2.